The highest BCUT2D eigenvalue weighted by Crippen LogP contribution is 2.31. The van der Waals surface area contributed by atoms with Crippen molar-refractivity contribution in [3.8, 4) is 17.3 Å². The topological polar surface area (TPSA) is 73.1 Å². The molecule has 7 heteroatoms. The second-order valence-corrected chi connectivity index (χ2v) is 7.62. The van der Waals surface area contributed by atoms with Crippen LogP contribution in [0.1, 0.15) is 6.42 Å². The summed E-state index contributed by atoms with van der Waals surface area (Å²) in [4.78, 5) is 13.0. The van der Waals surface area contributed by atoms with Crippen LogP contribution in [0, 0.1) is 0 Å². The van der Waals surface area contributed by atoms with Gasteiger partial charge in [-0.3, -0.25) is 5.10 Å². The van der Waals surface area contributed by atoms with Crippen molar-refractivity contribution in [2.75, 3.05) is 39.2 Å². The Morgan fingerprint density at radius 1 is 1.14 bits per heavy atom. The van der Waals surface area contributed by atoms with Crippen molar-refractivity contribution in [1.29, 1.82) is 0 Å². The van der Waals surface area contributed by atoms with E-state index >= 15 is 0 Å². The molecule has 0 saturated carbocycles. The number of imidazole rings is 1. The summed E-state index contributed by atoms with van der Waals surface area (Å²) in [5.41, 5.74) is 4.98. The van der Waals surface area contributed by atoms with Gasteiger partial charge in [-0.05, 0) is 56.9 Å². The lowest BCUT2D eigenvalue weighted by atomic mass is 10.2. The molecule has 0 bridgehead atoms. The van der Waals surface area contributed by atoms with Crippen molar-refractivity contribution in [2.24, 2.45) is 0 Å². The summed E-state index contributed by atoms with van der Waals surface area (Å²) in [7, 11) is 5.98. The number of aromatic amines is 2. The van der Waals surface area contributed by atoms with Gasteiger partial charge in [0.05, 0.1) is 23.7 Å². The first kappa shape index (κ1) is 17.1. The normalized spacial score (nSPS) is 17.3. The Morgan fingerprint density at radius 2 is 2.04 bits per heavy atom. The van der Waals surface area contributed by atoms with Gasteiger partial charge < -0.3 is 19.5 Å². The number of hydrogen-bond acceptors (Lipinski definition) is 5. The highest BCUT2D eigenvalue weighted by atomic mass is 16.5. The Labute approximate surface area is 163 Å². The summed E-state index contributed by atoms with van der Waals surface area (Å²) >= 11 is 0. The minimum Gasteiger partial charge on any atom is -0.497 e. The summed E-state index contributed by atoms with van der Waals surface area (Å²) in [6, 6.07) is 12.9. The number of anilines is 1. The van der Waals surface area contributed by atoms with Crippen LogP contribution in [0.25, 0.3) is 33.5 Å². The lowest BCUT2D eigenvalue weighted by Gasteiger charge is -2.21. The van der Waals surface area contributed by atoms with E-state index in [1.54, 1.807) is 7.11 Å². The molecule has 1 unspecified atom stereocenters. The maximum absolute atomic E-state index is 5.36. The van der Waals surface area contributed by atoms with Crippen LogP contribution in [0.5, 0.6) is 5.75 Å². The lowest BCUT2D eigenvalue weighted by Crippen LogP contribution is -2.31. The summed E-state index contributed by atoms with van der Waals surface area (Å²) in [6.45, 7) is 2.14. The van der Waals surface area contributed by atoms with E-state index in [0.717, 1.165) is 52.3 Å². The largest absolute Gasteiger partial charge is 0.497 e. The number of fused-ring (bicyclic) bond motifs is 2. The molecule has 0 radical (unpaired) electrons. The van der Waals surface area contributed by atoms with Crippen LogP contribution in [-0.4, -0.2) is 65.4 Å². The maximum Gasteiger partial charge on any atom is 0.159 e. The third-order valence-electron chi connectivity index (χ3n) is 5.72. The van der Waals surface area contributed by atoms with E-state index in [1.807, 2.05) is 18.2 Å². The molecule has 1 atom stereocenters. The smallest absolute Gasteiger partial charge is 0.159 e. The molecule has 28 heavy (non-hydrogen) atoms. The van der Waals surface area contributed by atoms with Crippen LogP contribution in [0.3, 0.4) is 0 Å². The molecule has 1 aliphatic heterocycles. The molecule has 5 rings (SSSR count). The van der Waals surface area contributed by atoms with Crippen LogP contribution >= 0.6 is 0 Å². The van der Waals surface area contributed by atoms with E-state index in [2.05, 4.69) is 57.3 Å². The molecule has 2 aromatic heterocycles. The van der Waals surface area contributed by atoms with E-state index in [9.17, 15) is 0 Å². The van der Waals surface area contributed by atoms with E-state index in [0.29, 0.717) is 6.04 Å². The van der Waals surface area contributed by atoms with Crippen LogP contribution in [0.15, 0.2) is 36.4 Å². The third-order valence-corrected chi connectivity index (χ3v) is 5.72. The first-order valence-electron chi connectivity index (χ1n) is 9.56. The first-order valence-corrected chi connectivity index (χ1v) is 9.56. The number of hydrogen-bond donors (Lipinski definition) is 2. The molecule has 144 valence electrons. The van der Waals surface area contributed by atoms with Crippen LogP contribution < -0.4 is 9.64 Å². The van der Waals surface area contributed by atoms with Crippen molar-refractivity contribution >= 4 is 27.6 Å². The second kappa shape index (κ2) is 6.53. The highest BCUT2D eigenvalue weighted by Gasteiger charge is 2.24. The van der Waals surface area contributed by atoms with Gasteiger partial charge in [0.25, 0.3) is 0 Å². The zero-order chi connectivity index (χ0) is 19.3. The average molecular weight is 376 g/mol. The summed E-state index contributed by atoms with van der Waals surface area (Å²) < 4.78 is 5.36. The van der Waals surface area contributed by atoms with Gasteiger partial charge in [-0.25, -0.2) is 4.98 Å². The van der Waals surface area contributed by atoms with Crippen molar-refractivity contribution < 1.29 is 4.74 Å². The Bertz CT molecular complexity index is 1140. The van der Waals surface area contributed by atoms with Crippen LogP contribution in [0.2, 0.25) is 0 Å². The number of nitrogens with one attached hydrogen (secondary N) is 2. The minimum absolute atomic E-state index is 0.610. The molecule has 2 N–H and O–H groups in total. The SMILES string of the molecule is COc1ccc2[nH]nc(-c3nc4ccc(N5CCC(N(C)C)C5)cc4[nH]3)c2c1. The molecular formula is C21H24N6O. The number of methoxy groups -OCH3 is 1. The number of benzene rings is 2. The van der Waals surface area contributed by atoms with Crippen molar-refractivity contribution in [3.63, 3.8) is 0 Å². The monoisotopic (exact) mass is 376 g/mol. The van der Waals surface area contributed by atoms with Gasteiger partial charge in [0.1, 0.15) is 11.4 Å². The molecule has 7 nitrogen and oxygen atoms in total. The number of H-pyrrole nitrogens is 2. The van der Waals surface area contributed by atoms with Crippen molar-refractivity contribution in [2.45, 2.75) is 12.5 Å². The molecular weight excluding hydrogens is 352 g/mol. The van der Waals surface area contributed by atoms with Crippen LogP contribution in [0.4, 0.5) is 5.69 Å². The Balaban J connectivity index is 1.51. The molecule has 4 aromatic rings. The van der Waals surface area contributed by atoms with Crippen molar-refractivity contribution in [1.82, 2.24) is 25.1 Å². The Hall–Kier alpha value is -3.06. The van der Waals surface area contributed by atoms with E-state index in [-0.39, 0.29) is 0 Å². The molecule has 1 saturated heterocycles. The number of rotatable bonds is 4. The summed E-state index contributed by atoms with van der Waals surface area (Å²) in [5, 5.41) is 8.54. The van der Waals surface area contributed by atoms with Crippen molar-refractivity contribution in [3.05, 3.63) is 36.4 Å². The lowest BCUT2D eigenvalue weighted by molar-refractivity contribution is 0.315. The molecule has 0 spiro atoms. The number of likely N-dealkylation sites (N-methyl/N-ethyl adjacent to an activating group) is 1. The van der Waals surface area contributed by atoms with Gasteiger partial charge in [-0.1, -0.05) is 0 Å². The highest BCUT2D eigenvalue weighted by molar-refractivity contribution is 5.94. The minimum atomic E-state index is 0.610. The summed E-state index contributed by atoms with van der Waals surface area (Å²) in [5.74, 6) is 1.57. The fourth-order valence-corrected chi connectivity index (χ4v) is 4.00. The van der Waals surface area contributed by atoms with Gasteiger partial charge in [0.15, 0.2) is 5.82 Å². The second-order valence-electron chi connectivity index (χ2n) is 7.62. The van der Waals surface area contributed by atoms with Crippen LogP contribution in [-0.2, 0) is 0 Å². The van der Waals surface area contributed by atoms with Gasteiger partial charge in [0, 0.05) is 30.2 Å². The van der Waals surface area contributed by atoms with Gasteiger partial charge in [0.2, 0.25) is 0 Å². The predicted molar refractivity (Wildman–Crippen MR) is 112 cm³/mol. The predicted octanol–water partition coefficient (Wildman–Crippen LogP) is 3.26. The van der Waals surface area contributed by atoms with Gasteiger partial charge >= 0.3 is 0 Å². The van der Waals surface area contributed by atoms with Gasteiger partial charge in [-0.2, -0.15) is 5.10 Å². The maximum atomic E-state index is 5.36. The summed E-state index contributed by atoms with van der Waals surface area (Å²) in [6.07, 6.45) is 1.19. The standard InChI is InChI=1S/C21H24N6O/c1-26(2)14-8-9-27(12-14)13-4-6-18-19(10-13)23-21(22-18)20-16-11-15(28-3)5-7-17(16)24-25-20/h4-7,10-11,14H,8-9,12H2,1-3H3,(H,22,23)(H,24,25). The van der Waals surface area contributed by atoms with E-state index in [1.165, 1.54) is 12.1 Å². The molecule has 3 heterocycles. The molecule has 0 amide bonds. The van der Waals surface area contributed by atoms with Gasteiger partial charge in [-0.15, -0.1) is 0 Å². The fourth-order valence-electron chi connectivity index (χ4n) is 4.00. The molecule has 0 aliphatic carbocycles. The molecule has 2 aromatic carbocycles. The van der Waals surface area contributed by atoms with E-state index in [4.69, 9.17) is 9.72 Å². The quantitative estimate of drug-likeness (QED) is 0.572. The fraction of sp³-hybridized carbons (Fsp3) is 0.333. The van der Waals surface area contributed by atoms with E-state index < -0.39 is 0 Å². The Kier molecular flexibility index (Phi) is 3.98. The Morgan fingerprint density at radius 3 is 2.82 bits per heavy atom. The number of aromatic nitrogens is 4. The zero-order valence-corrected chi connectivity index (χ0v) is 16.4. The average Bonchev–Trinajstić information content (AvgIpc) is 3.43. The first-order chi connectivity index (χ1) is 13.6. The molecule has 1 fully saturated rings. The number of ether oxygens (including phenoxy) is 1. The zero-order valence-electron chi connectivity index (χ0n) is 16.4. The number of nitrogens with zero attached hydrogens (tertiary/aromatic N) is 4. The molecule has 1 aliphatic rings. The third kappa shape index (κ3) is 2.79.